The van der Waals surface area contributed by atoms with Crippen LogP contribution in [0.4, 0.5) is 0 Å². The molecule has 86 valence electrons. The van der Waals surface area contributed by atoms with Crippen molar-refractivity contribution in [1.29, 1.82) is 5.26 Å². The molecule has 0 unspecified atom stereocenters. The van der Waals surface area contributed by atoms with Gasteiger partial charge in [-0.3, -0.25) is 4.79 Å². The van der Waals surface area contributed by atoms with E-state index in [-0.39, 0.29) is 17.1 Å². The Balaban J connectivity index is 2.87. The molecule has 1 aromatic rings. The molecule has 16 heavy (non-hydrogen) atoms. The third-order valence-corrected chi connectivity index (χ3v) is 2.76. The van der Waals surface area contributed by atoms with Gasteiger partial charge in [-0.2, -0.15) is 5.26 Å². The van der Waals surface area contributed by atoms with Crippen molar-refractivity contribution < 1.29 is 4.79 Å². The van der Waals surface area contributed by atoms with Crippen molar-refractivity contribution in [2.24, 2.45) is 5.41 Å². The molecule has 0 atom stereocenters. The van der Waals surface area contributed by atoms with Crippen LogP contribution in [0.3, 0.4) is 0 Å². The molecule has 1 heterocycles. The number of nitriles is 1. The Bertz CT molecular complexity index is 445. The van der Waals surface area contributed by atoms with Gasteiger partial charge in [0.1, 0.15) is 11.8 Å². The van der Waals surface area contributed by atoms with Gasteiger partial charge in [0.05, 0.1) is 0 Å². The highest BCUT2D eigenvalue weighted by Gasteiger charge is 2.22. The Labute approximate surface area is 108 Å². The van der Waals surface area contributed by atoms with E-state index in [1.165, 1.54) is 0 Å². The number of aromatic nitrogens is 1. The first-order valence-electron chi connectivity index (χ1n) is 4.78. The average molecular weight is 304 g/mol. The van der Waals surface area contributed by atoms with Crippen LogP contribution in [0.5, 0.6) is 0 Å². The van der Waals surface area contributed by atoms with Gasteiger partial charge in [0, 0.05) is 23.6 Å². The Hall–Kier alpha value is -0.790. The highest BCUT2D eigenvalue weighted by molar-refractivity contribution is 9.10. The molecule has 0 fully saturated rings. The van der Waals surface area contributed by atoms with Gasteiger partial charge in [0.2, 0.25) is 5.24 Å². The Morgan fingerprint density at radius 1 is 1.69 bits per heavy atom. The summed E-state index contributed by atoms with van der Waals surface area (Å²) in [4.78, 5) is 10.9. The maximum atomic E-state index is 10.9. The predicted octanol–water partition coefficient (Wildman–Crippen LogP) is 3.30. The molecule has 0 aliphatic carbocycles. The minimum absolute atomic E-state index is 0.261. The van der Waals surface area contributed by atoms with Crippen molar-refractivity contribution >= 4 is 32.8 Å². The summed E-state index contributed by atoms with van der Waals surface area (Å²) >= 11 is 8.70. The van der Waals surface area contributed by atoms with Crippen LogP contribution in [0.15, 0.2) is 16.7 Å². The number of rotatable bonds is 4. The zero-order valence-electron chi connectivity index (χ0n) is 9.13. The van der Waals surface area contributed by atoms with Crippen LogP contribution >= 0.6 is 27.5 Å². The summed E-state index contributed by atoms with van der Waals surface area (Å²) in [5.41, 5.74) is 0.310. The zero-order chi connectivity index (χ0) is 12.3. The summed E-state index contributed by atoms with van der Waals surface area (Å²) in [5, 5.41) is 8.57. The third-order valence-electron chi connectivity index (χ3n) is 2.19. The standard InChI is InChI=1S/C11H12BrClN2O/c1-11(2,4-10(13)16)7-15-6-8(12)3-9(15)5-14/h3,6H,4,7H2,1-2H3. The fourth-order valence-corrected chi connectivity index (χ4v) is 2.42. The Morgan fingerprint density at radius 2 is 2.31 bits per heavy atom. The second-order valence-electron chi connectivity index (χ2n) is 4.48. The van der Waals surface area contributed by atoms with Crippen molar-refractivity contribution in [3.63, 3.8) is 0 Å². The number of hydrogen-bond donors (Lipinski definition) is 0. The van der Waals surface area contributed by atoms with Crippen molar-refractivity contribution in [3.8, 4) is 6.07 Å². The summed E-state index contributed by atoms with van der Waals surface area (Å²) < 4.78 is 2.68. The normalized spacial score (nSPS) is 11.2. The van der Waals surface area contributed by atoms with Crippen molar-refractivity contribution in [2.75, 3.05) is 0 Å². The van der Waals surface area contributed by atoms with Crippen LogP contribution in [-0.4, -0.2) is 9.81 Å². The van der Waals surface area contributed by atoms with E-state index < -0.39 is 0 Å². The van der Waals surface area contributed by atoms with Crippen LogP contribution in [-0.2, 0) is 11.3 Å². The lowest BCUT2D eigenvalue weighted by Gasteiger charge is -2.23. The maximum Gasteiger partial charge on any atom is 0.222 e. The second kappa shape index (κ2) is 5.03. The molecule has 0 aromatic carbocycles. The molecule has 0 N–H and O–H groups in total. The molecule has 0 bridgehead atoms. The number of carbonyl (C=O) groups is 1. The fourth-order valence-electron chi connectivity index (χ4n) is 1.59. The smallest absolute Gasteiger partial charge is 0.222 e. The molecule has 1 rings (SSSR count). The minimum Gasteiger partial charge on any atom is -0.338 e. The van der Waals surface area contributed by atoms with E-state index in [9.17, 15) is 4.79 Å². The second-order valence-corrected chi connectivity index (χ2v) is 5.82. The SMILES string of the molecule is CC(C)(CC(=O)Cl)Cn1cc(Br)cc1C#N. The van der Waals surface area contributed by atoms with E-state index in [0.29, 0.717) is 12.2 Å². The van der Waals surface area contributed by atoms with E-state index in [0.717, 1.165) is 4.47 Å². The lowest BCUT2D eigenvalue weighted by molar-refractivity contribution is -0.113. The number of nitrogens with zero attached hydrogens (tertiary/aromatic N) is 2. The molecule has 0 aliphatic rings. The van der Waals surface area contributed by atoms with Gasteiger partial charge in [-0.25, -0.2) is 0 Å². The maximum absolute atomic E-state index is 10.9. The van der Waals surface area contributed by atoms with E-state index in [2.05, 4.69) is 22.0 Å². The first-order valence-corrected chi connectivity index (χ1v) is 5.95. The first kappa shape index (κ1) is 13.3. The fraction of sp³-hybridized carbons (Fsp3) is 0.455. The summed E-state index contributed by atoms with van der Waals surface area (Å²) in [5.74, 6) is 0. The highest BCUT2D eigenvalue weighted by atomic mass is 79.9. The Morgan fingerprint density at radius 3 is 2.81 bits per heavy atom. The minimum atomic E-state index is -0.352. The van der Waals surface area contributed by atoms with Crippen LogP contribution in [0.1, 0.15) is 26.0 Å². The summed E-state index contributed by atoms with van der Waals surface area (Å²) in [6.07, 6.45) is 2.12. The molecular formula is C11H12BrClN2O. The van der Waals surface area contributed by atoms with E-state index in [1.807, 2.05) is 24.6 Å². The number of carbonyl (C=O) groups excluding carboxylic acids is 1. The first-order chi connectivity index (χ1) is 7.34. The van der Waals surface area contributed by atoms with E-state index in [1.54, 1.807) is 6.07 Å². The van der Waals surface area contributed by atoms with Gasteiger partial charge in [0.15, 0.2) is 0 Å². The van der Waals surface area contributed by atoms with Gasteiger partial charge in [-0.1, -0.05) is 13.8 Å². The van der Waals surface area contributed by atoms with Crippen molar-refractivity contribution in [3.05, 3.63) is 22.4 Å². The van der Waals surface area contributed by atoms with E-state index >= 15 is 0 Å². The Kier molecular flexibility index (Phi) is 4.17. The molecule has 0 saturated carbocycles. The average Bonchev–Trinajstić information content (AvgIpc) is 2.42. The van der Waals surface area contributed by atoms with E-state index in [4.69, 9.17) is 16.9 Å². The largest absolute Gasteiger partial charge is 0.338 e. The molecular weight excluding hydrogens is 291 g/mol. The zero-order valence-corrected chi connectivity index (χ0v) is 11.5. The molecule has 0 aliphatic heterocycles. The molecule has 0 spiro atoms. The quantitative estimate of drug-likeness (QED) is 0.801. The topological polar surface area (TPSA) is 45.8 Å². The predicted molar refractivity (Wildman–Crippen MR) is 66.1 cm³/mol. The molecule has 5 heteroatoms. The van der Waals surface area contributed by atoms with Crippen molar-refractivity contribution in [2.45, 2.75) is 26.8 Å². The van der Waals surface area contributed by atoms with Crippen LogP contribution in [0, 0.1) is 16.7 Å². The highest BCUT2D eigenvalue weighted by Crippen LogP contribution is 2.26. The summed E-state index contributed by atoms with van der Waals surface area (Å²) in [6.45, 7) is 4.48. The van der Waals surface area contributed by atoms with Gasteiger partial charge in [-0.15, -0.1) is 0 Å². The molecule has 3 nitrogen and oxygen atoms in total. The lowest BCUT2D eigenvalue weighted by Crippen LogP contribution is -2.22. The van der Waals surface area contributed by atoms with Gasteiger partial charge >= 0.3 is 0 Å². The van der Waals surface area contributed by atoms with Gasteiger partial charge in [-0.05, 0) is 39.0 Å². The molecule has 0 amide bonds. The summed E-state index contributed by atoms with van der Waals surface area (Å²) in [7, 11) is 0. The van der Waals surface area contributed by atoms with Crippen LogP contribution in [0.2, 0.25) is 0 Å². The number of hydrogen-bond acceptors (Lipinski definition) is 2. The summed E-state index contributed by atoms with van der Waals surface area (Å²) in [6, 6.07) is 3.86. The molecule has 0 radical (unpaired) electrons. The van der Waals surface area contributed by atoms with Crippen LogP contribution in [0.25, 0.3) is 0 Å². The number of halogens is 2. The van der Waals surface area contributed by atoms with Gasteiger partial charge < -0.3 is 4.57 Å². The van der Waals surface area contributed by atoms with Gasteiger partial charge in [0.25, 0.3) is 0 Å². The van der Waals surface area contributed by atoms with Crippen molar-refractivity contribution in [1.82, 2.24) is 4.57 Å². The molecule has 1 aromatic heterocycles. The molecule has 0 saturated heterocycles. The third kappa shape index (κ3) is 3.66. The lowest BCUT2D eigenvalue weighted by atomic mass is 9.90. The van der Waals surface area contributed by atoms with Crippen LogP contribution < -0.4 is 0 Å². The monoisotopic (exact) mass is 302 g/mol.